The number of nitrogens with zero attached hydrogens (tertiary/aromatic N) is 1. The van der Waals surface area contributed by atoms with Crippen LogP contribution in [0.25, 0.3) is 0 Å². The van der Waals surface area contributed by atoms with E-state index in [1.54, 1.807) is 0 Å². The van der Waals surface area contributed by atoms with Gasteiger partial charge < -0.3 is 10.4 Å². The van der Waals surface area contributed by atoms with Crippen LogP contribution in [0, 0.1) is 12.8 Å². The van der Waals surface area contributed by atoms with Crippen molar-refractivity contribution in [2.75, 3.05) is 26.2 Å². The van der Waals surface area contributed by atoms with Crippen LogP contribution in [0.4, 0.5) is 0 Å². The highest BCUT2D eigenvalue weighted by Gasteiger charge is 2.24. The number of carbonyl (C=O) groups excluding carboxylic acids is 1. The van der Waals surface area contributed by atoms with Gasteiger partial charge in [-0.05, 0) is 50.3 Å². The van der Waals surface area contributed by atoms with Crippen molar-refractivity contribution in [3.63, 3.8) is 0 Å². The maximum atomic E-state index is 12.2. The van der Waals surface area contributed by atoms with Crippen molar-refractivity contribution in [1.29, 1.82) is 0 Å². The second kappa shape index (κ2) is 7.57. The molecule has 0 spiro atoms. The van der Waals surface area contributed by atoms with E-state index in [9.17, 15) is 4.79 Å². The van der Waals surface area contributed by atoms with Crippen LogP contribution < -0.4 is 5.32 Å². The quantitative estimate of drug-likeness (QED) is 0.841. The summed E-state index contributed by atoms with van der Waals surface area (Å²) in [6.45, 7) is 6.67. The van der Waals surface area contributed by atoms with Crippen LogP contribution in [0.5, 0.6) is 0 Å². The minimum absolute atomic E-state index is 0.0366. The van der Waals surface area contributed by atoms with Crippen molar-refractivity contribution in [3.8, 4) is 0 Å². The first kappa shape index (κ1) is 16.0. The average Bonchev–Trinajstić information content (AvgIpc) is 2.86. The second-order valence-electron chi connectivity index (χ2n) is 6.05. The third-order valence-electron chi connectivity index (χ3n) is 4.31. The van der Waals surface area contributed by atoms with Crippen molar-refractivity contribution >= 4 is 5.91 Å². The maximum Gasteiger partial charge on any atom is 0.234 e. The topological polar surface area (TPSA) is 52.6 Å². The van der Waals surface area contributed by atoms with E-state index in [1.807, 2.05) is 19.1 Å². The van der Waals surface area contributed by atoms with Crippen molar-refractivity contribution in [2.45, 2.75) is 32.7 Å². The van der Waals surface area contributed by atoms with Gasteiger partial charge in [0.2, 0.25) is 5.91 Å². The molecule has 116 valence electrons. The van der Waals surface area contributed by atoms with Gasteiger partial charge >= 0.3 is 0 Å². The molecule has 1 aromatic carbocycles. The first-order valence-electron chi connectivity index (χ1n) is 7.78. The van der Waals surface area contributed by atoms with Crippen molar-refractivity contribution in [1.82, 2.24) is 10.2 Å². The molecule has 2 N–H and O–H groups in total. The molecule has 0 aromatic heterocycles. The Bertz CT molecular complexity index is 476. The molecule has 2 rings (SSSR count). The third-order valence-corrected chi connectivity index (χ3v) is 4.31. The largest absolute Gasteiger partial charge is 0.396 e. The Labute approximate surface area is 127 Å². The zero-order valence-electron chi connectivity index (χ0n) is 13.0. The number of aliphatic hydroxyl groups is 1. The highest BCUT2D eigenvalue weighted by Crippen LogP contribution is 2.19. The molecule has 21 heavy (non-hydrogen) atoms. The van der Waals surface area contributed by atoms with Crippen LogP contribution in [0.2, 0.25) is 0 Å². The summed E-state index contributed by atoms with van der Waals surface area (Å²) in [5.74, 6) is 0.618. The molecule has 1 saturated heterocycles. The lowest BCUT2D eigenvalue weighted by Crippen LogP contribution is -2.37. The molecular formula is C17H26N2O2. The smallest absolute Gasteiger partial charge is 0.234 e. The number of nitrogens with one attached hydrogen (secondary N) is 1. The van der Waals surface area contributed by atoms with Gasteiger partial charge in [0.1, 0.15) is 0 Å². The number of aryl methyl sites for hydroxylation is 1. The Morgan fingerprint density at radius 2 is 2.24 bits per heavy atom. The molecule has 1 amide bonds. The van der Waals surface area contributed by atoms with Gasteiger partial charge in [-0.1, -0.05) is 24.3 Å². The molecule has 0 saturated carbocycles. The van der Waals surface area contributed by atoms with E-state index in [0.29, 0.717) is 12.5 Å². The number of carbonyl (C=O) groups is 1. The predicted octanol–water partition coefficient (Wildman–Crippen LogP) is 1.88. The molecule has 0 radical (unpaired) electrons. The zero-order chi connectivity index (χ0) is 15.2. The molecule has 2 atom stereocenters. The number of hydrogen-bond donors (Lipinski definition) is 2. The maximum absolute atomic E-state index is 12.2. The molecular weight excluding hydrogens is 264 g/mol. The summed E-state index contributed by atoms with van der Waals surface area (Å²) in [5, 5.41) is 12.0. The lowest BCUT2D eigenvalue weighted by Gasteiger charge is -2.20. The van der Waals surface area contributed by atoms with Crippen LogP contribution in [0.3, 0.4) is 0 Å². The Morgan fingerprint density at radius 3 is 2.95 bits per heavy atom. The molecule has 4 nitrogen and oxygen atoms in total. The molecule has 0 bridgehead atoms. The molecule has 1 fully saturated rings. The van der Waals surface area contributed by atoms with Crippen LogP contribution >= 0.6 is 0 Å². The van der Waals surface area contributed by atoms with Gasteiger partial charge in [-0.3, -0.25) is 9.69 Å². The molecule has 1 aromatic rings. The van der Waals surface area contributed by atoms with Gasteiger partial charge in [0.05, 0.1) is 12.6 Å². The van der Waals surface area contributed by atoms with Gasteiger partial charge in [0.15, 0.2) is 0 Å². The predicted molar refractivity (Wildman–Crippen MR) is 84.0 cm³/mol. The molecule has 1 aliphatic rings. The molecule has 0 aliphatic carbocycles. The minimum atomic E-state index is 0.0366. The third kappa shape index (κ3) is 4.55. The standard InChI is InChI=1S/C17H26N2O2/c1-13-5-3-4-6-16(13)14(2)18-17(21)12-19-9-7-15(11-19)8-10-20/h3-6,14-15,20H,7-12H2,1-2H3,(H,18,21). The van der Waals surface area contributed by atoms with Gasteiger partial charge in [0.25, 0.3) is 0 Å². The number of likely N-dealkylation sites (tertiary alicyclic amines) is 1. The van der Waals surface area contributed by atoms with Crippen LogP contribution in [-0.4, -0.2) is 42.2 Å². The molecule has 1 heterocycles. The number of amides is 1. The Morgan fingerprint density at radius 1 is 1.48 bits per heavy atom. The van der Waals surface area contributed by atoms with Crippen molar-refractivity contribution in [2.24, 2.45) is 5.92 Å². The molecule has 2 unspecified atom stereocenters. The summed E-state index contributed by atoms with van der Waals surface area (Å²) in [6.07, 6.45) is 1.93. The number of aliphatic hydroxyl groups excluding tert-OH is 1. The summed E-state index contributed by atoms with van der Waals surface area (Å²) >= 11 is 0. The SMILES string of the molecule is Cc1ccccc1C(C)NC(=O)CN1CCC(CCO)C1. The van der Waals surface area contributed by atoms with Crippen LogP contribution in [0.1, 0.15) is 36.9 Å². The Balaban J connectivity index is 1.81. The summed E-state index contributed by atoms with van der Waals surface area (Å²) in [6, 6.07) is 8.18. The Kier molecular flexibility index (Phi) is 5.76. The first-order valence-corrected chi connectivity index (χ1v) is 7.78. The first-order chi connectivity index (χ1) is 10.1. The van der Waals surface area contributed by atoms with Gasteiger partial charge in [-0.25, -0.2) is 0 Å². The summed E-state index contributed by atoms with van der Waals surface area (Å²) in [5.41, 5.74) is 2.37. The normalized spacial score (nSPS) is 20.4. The van der Waals surface area contributed by atoms with Gasteiger partial charge in [-0.2, -0.15) is 0 Å². The van der Waals surface area contributed by atoms with Crippen LogP contribution in [-0.2, 0) is 4.79 Å². The average molecular weight is 290 g/mol. The van der Waals surface area contributed by atoms with E-state index in [1.165, 1.54) is 11.1 Å². The second-order valence-corrected chi connectivity index (χ2v) is 6.05. The highest BCUT2D eigenvalue weighted by molar-refractivity contribution is 5.78. The van der Waals surface area contributed by atoms with E-state index in [0.717, 1.165) is 25.9 Å². The van der Waals surface area contributed by atoms with Gasteiger partial charge in [0, 0.05) is 13.2 Å². The van der Waals surface area contributed by atoms with Crippen molar-refractivity contribution in [3.05, 3.63) is 35.4 Å². The van der Waals surface area contributed by atoms with E-state index >= 15 is 0 Å². The fraction of sp³-hybridized carbons (Fsp3) is 0.588. The van der Waals surface area contributed by atoms with E-state index in [4.69, 9.17) is 5.11 Å². The summed E-state index contributed by atoms with van der Waals surface area (Å²) in [7, 11) is 0. The molecule has 1 aliphatic heterocycles. The Hall–Kier alpha value is -1.39. The van der Waals surface area contributed by atoms with E-state index in [2.05, 4.69) is 29.3 Å². The fourth-order valence-electron chi connectivity index (χ4n) is 3.12. The minimum Gasteiger partial charge on any atom is -0.396 e. The molecule has 4 heteroatoms. The van der Waals surface area contributed by atoms with Gasteiger partial charge in [-0.15, -0.1) is 0 Å². The summed E-state index contributed by atoms with van der Waals surface area (Å²) in [4.78, 5) is 14.3. The zero-order valence-corrected chi connectivity index (χ0v) is 13.0. The lowest BCUT2D eigenvalue weighted by molar-refractivity contribution is -0.122. The van der Waals surface area contributed by atoms with Crippen LogP contribution in [0.15, 0.2) is 24.3 Å². The number of hydrogen-bond acceptors (Lipinski definition) is 3. The van der Waals surface area contributed by atoms with E-state index in [-0.39, 0.29) is 18.6 Å². The highest BCUT2D eigenvalue weighted by atomic mass is 16.3. The monoisotopic (exact) mass is 290 g/mol. The number of benzene rings is 1. The lowest BCUT2D eigenvalue weighted by atomic mass is 10.0. The summed E-state index contributed by atoms with van der Waals surface area (Å²) < 4.78 is 0. The van der Waals surface area contributed by atoms with Crippen molar-refractivity contribution < 1.29 is 9.90 Å². The van der Waals surface area contributed by atoms with E-state index < -0.39 is 0 Å². The number of rotatable bonds is 6. The fourth-order valence-corrected chi connectivity index (χ4v) is 3.12.